The van der Waals surface area contributed by atoms with Crippen LogP contribution in [0.3, 0.4) is 0 Å². The lowest BCUT2D eigenvalue weighted by atomic mass is 9.87. The van der Waals surface area contributed by atoms with Gasteiger partial charge in [-0.15, -0.1) is 12.6 Å². The second-order valence-corrected chi connectivity index (χ2v) is 4.76. The fraction of sp³-hybridized carbons (Fsp3) is 0.400. The van der Waals surface area contributed by atoms with Crippen LogP contribution in [0, 0.1) is 10.1 Å². The zero-order valence-electron chi connectivity index (χ0n) is 8.44. The summed E-state index contributed by atoms with van der Waals surface area (Å²) in [6.07, 6.45) is 0. The van der Waals surface area contributed by atoms with Gasteiger partial charge in [-0.3, -0.25) is 10.1 Å². The summed E-state index contributed by atoms with van der Waals surface area (Å²) in [4.78, 5) is 10.8. The van der Waals surface area contributed by atoms with Crippen LogP contribution in [-0.2, 0) is 5.41 Å². The zero-order chi connectivity index (χ0) is 10.9. The second-order valence-electron chi connectivity index (χ2n) is 4.25. The first-order valence-corrected chi connectivity index (χ1v) is 4.74. The van der Waals surface area contributed by atoms with E-state index >= 15 is 0 Å². The van der Waals surface area contributed by atoms with E-state index < -0.39 is 4.92 Å². The van der Waals surface area contributed by atoms with Gasteiger partial charge in [-0.25, -0.2) is 0 Å². The summed E-state index contributed by atoms with van der Waals surface area (Å²) >= 11 is 4.15. The van der Waals surface area contributed by atoms with Crippen LogP contribution in [0.25, 0.3) is 0 Å². The van der Waals surface area contributed by atoms with Crippen molar-refractivity contribution < 1.29 is 4.92 Å². The highest BCUT2D eigenvalue weighted by Gasteiger charge is 2.17. The SMILES string of the molecule is CC(C)(C)c1cc(S)cc([N+](=O)[O-])c1. The van der Waals surface area contributed by atoms with Gasteiger partial charge in [0.25, 0.3) is 5.69 Å². The normalized spacial score (nSPS) is 11.4. The predicted molar refractivity (Wildman–Crippen MR) is 59.0 cm³/mol. The smallest absolute Gasteiger partial charge is 0.258 e. The summed E-state index contributed by atoms with van der Waals surface area (Å²) in [6, 6.07) is 4.91. The van der Waals surface area contributed by atoms with Crippen molar-refractivity contribution in [2.24, 2.45) is 0 Å². The molecule has 14 heavy (non-hydrogen) atoms. The van der Waals surface area contributed by atoms with Crippen molar-refractivity contribution in [3.8, 4) is 0 Å². The van der Waals surface area contributed by atoms with Crippen molar-refractivity contribution in [3.05, 3.63) is 33.9 Å². The van der Waals surface area contributed by atoms with E-state index in [0.717, 1.165) is 5.56 Å². The minimum absolute atomic E-state index is 0.0938. The second kappa shape index (κ2) is 3.61. The number of benzene rings is 1. The lowest BCUT2D eigenvalue weighted by Gasteiger charge is -2.18. The van der Waals surface area contributed by atoms with Crippen molar-refractivity contribution in [1.29, 1.82) is 0 Å². The highest BCUT2D eigenvalue weighted by molar-refractivity contribution is 7.80. The van der Waals surface area contributed by atoms with Crippen LogP contribution in [0.15, 0.2) is 23.1 Å². The summed E-state index contributed by atoms with van der Waals surface area (Å²) in [5.41, 5.74) is 0.933. The molecule has 0 N–H and O–H groups in total. The third-order valence-electron chi connectivity index (χ3n) is 1.98. The van der Waals surface area contributed by atoms with Crippen LogP contribution in [0.2, 0.25) is 0 Å². The fourth-order valence-electron chi connectivity index (χ4n) is 1.13. The molecule has 0 spiro atoms. The van der Waals surface area contributed by atoms with Crippen LogP contribution < -0.4 is 0 Å². The Balaban J connectivity index is 3.28. The summed E-state index contributed by atoms with van der Waals surface area (Å²) in [5, 5.41) is 10.6. The molecular formula is C10H13NO2S. The first-order valence-electron chi connectivity index (χ1n) is 4.29. The standard InChI is InChI=1S/C10H13NO2S/c1-10(2,3)7-4-8(11(12)13)6-9(14)5-7/h4-6,14H,1-3H3. The number of nitro benzene ring substituents is 1. The average Bonchev–Trinajstić information content (AvgIpc) is 2.01. The molecular weight excluding hydrogens is 198 g/mol. The van der Waals surface area contributed by atoms with Gasteiger partial charge >= 0.3 is 0 Å². The molecule has 0 amide bonds. The average molecular weight is 211 g/mol. The summed E-state index contributed by atoms with van der Waals surface area (Å²) in [6.45, 7) is 6.04. The fourth-order valence-corrected chi connectivity index (χ4v) is 1.40. The van der Waals surface area contributed by atoms with Gasteiger partial charge in [0.2, 0.25) is 0 Å². The Bertz CT molecular complexity index is 369. The Labute approximate surface area is 88.7 Å². The molecule has 0 aromatic heterocycles. The van der Waals surface area contributed by atoms with E-state index in [-0.39, 0.29) is 11.1 Å². The first-order chi connectivity index (χ1) is 6.30. The molecule has 0 aliphatic carbocycles. The Morgan fingerprint density at radius 3 is 2.29 bits per heavy atom. The van der Waals surface area contributed by atoms with Crippen LogP contribution in [0.1, 0.15) is 26.3 Å². The van der Waals surface area contributed by atoms with Crippen molar-refractivity contribution >= 4 is 18.3 Å². The highest BCUT2D eigenvalue weighted by atomic mass is 32.1. The Hall–Kier alpha value is -1.03. The predicted octanol–water partition coefficient (Wildman–Crippen LogP) is 3.18. The van der Waals surface area contributed by atoms with Gasteiger partial charge in [-0.05, 0) is 17.0 Å². The van der Waals surface area contributed by atoms with Gasteiger partial charge < -0.3 is 0 Å². The molecule has 0 aliphatic heterocycles. The highest BCUT2D eigenvalue weighted by Crippen LogP contribution is 2.28. The maximum absolute atomic E-state index is 10.6. The molecule has 0 heterocycles. The van der Waals surface area contributed by atoms with E-state index in [1.807, 2.05) is 26.8 Å². The maximum Gasteiger partial charge on any atom is 0.270 e. The molecule has 0 saturated carbocycles. The van der Waals surface area contributed by atoms with Gasteiger partial charge in [0.1, 0.15) is 0 Å². The van der Waals surface area contributed by atoms with E-state index in [1.54, 1.807) is 6.07 Å². The Kier molecular flexibility index (Phi) is 2.85. The molecule has 0 atom stereocenters. The zero-order valence-corrected chi connectivity index (χ0v) is 9.34. The van der Waals surface area contributed by atoms with Crippen molar-refractivity contribution in [2.75, 3.05) is 0 Å². The minimum atomic E-state index is -0.394. The van der Waals surface area contributed by atoms with Crippen molar-refractivity contribution in [2.45, 2.75) is 31.1 Å². The largest absolute Gasteiger partial charge is 0.270 e. The van der Waals surface area contributed by atoms with E-state index in [2.05, 4.69) is 12.6 Å². The molecule has 4 heteroatoms. The maximum atomic E-state index is 10.6. The van der Waals surface area contributed by atoms with Crippen molar-refractivity contribution in [3.63, 3.8) is 0 Å². The summed E-state index contributed by atoms with van der Waals surface area (Å²) in [7, 11) is 0. The third-order valence-corrected chi connectivity index (χ3v) is 2.24. The number of nitrogens with zero attached hydrogens (tertiary/aromatic N) is 1. The van der Waals surface area contributed by atoms with E-state index in [1.165, 1.54) is 6.07 Å². The first kappa shape index (κ1) is 11.0. The van der Waals surface area contributed by atoms with Gasteiger partial charge in [0.05, 0.1) is 4.92 Å². The molecule has 0 aliphatic rings. The minimum Gasteiger partial charge on any atom is -0.258 e. The quantitative estimate of drug-likeness (QED) is 0.440. The Morgan fingerprint density at radius 1 is 1.29 bits per heavy atom. The van der Waals surface area contributed by atoms with Crippen molar-refractivity contribution in [1.82, 2.24) is 0 Å². The van der Waals surface area contributed by atoms with Crippen LogP contribution in [-0.4, -0.2) is 4.92 Å². The van der Waals surface area contributed by atoms with E-state index in [0.29, 0.717) is 4.90 Å². The molecule has 0 fully saturated rings. The molecule has 1 aromatic carbocycles. The summed E-state index contributed by atoms with van der Waals surface area (Å²) in [5.74, 6) is 0. The molecule has 3 nitrogen and oxygen atoms in total. The lowest BCUT2D eigenvalue weighted by molar-refractivity contribution is -0.385. The molecule has 1 aromatic rings. The molecule has 0 unspecified atom stereocenters. The van der Waals surface area contributed by atoms with Gasteiger partial charge in [0.15, 0.2) is 0 Å². The van der Waals surface area contributed by atoms with Gasteiger partial charge in [-0.1, -0.05) is 20.8 Å². The van der Waals surface area contributed by atoms with Crippen LogP contribution in [0.4, 0.5) is 5.69 Å². The van der Waals surface area contributed by atoms with Crippen LogP contribution in [0.5, 0.6) is 0 Å². The lowest BCUT2D eigenvalue weighted by Crippen LogP contribution is -2.11. The summed E-state index contributed by atoms with van der Waals surface area (Å²) < 4.78 is 0. The molecule has 0 saturated heterocycles. The number of non-ortho nitro benzene ring substituents is 1. The van der Waals surface area contributed by atoms with E-state index in [9.17, 15) is 10.1 Å². The number of thiol groups is 1. The number of nitro groups is 1. The topological polar surface area (TPSA) is 43.1 Å². The number of rotatable bonds is 1. The molecule has 76 valence electrons. The Morgan fingerprint density at radius 2 is 1.86 bits per heavy atom. The molecule has 1 rings (SSSR count). The third kappa shape index (κ3) is 2.48. The monoisotopic (exact) mass is 211 g/mol. The number of hydrogen-bond acceptors (Lipinski definition) is 3. The van der Waals surface area contributed by atoms with E-state index in [4.69, 9.17) is 0 Å². The van der Waals surface area contributed by atoms with Gasteiger partial charge in [0, 0.05) is 17.0 Å². The molecule has 0 radical (unpaired) electrons. The van der Waals surface area contributed by atoms with Crippen LogP contribution >= 0.6 is 12.6 Å². The van der Waals surface area contributed by atoms with Gasteiger partial charge in [-0.2, -0.15) is 0 Å². The number of hydrogen-bond donors (Lipinski definition) is 1. The molecule has 0 bridgehead atoms.